The van der Waals surface area contributed by atoms with Crippen LogP contribution in [0.5, 0.6) is 0 Å². The molecule has 0 spiro atoms. The zero-order chi connectivity index (χ0) is 16.0. The van der Waals surface area contributed by atoms with Crippen LogP contribution in [0.1, 0.15) is 20.1 Å². The molecular weight excluding hydrogens is 329 g/mol. The van der Waals surface area contributed by atoms with Crippen molar-refractivity contribution in [3.8, 4) is 0 Å². The minimum atomic E-state index is -1.04. The lowest BCUT2D eigenvalue weighted by atomic mass is 10.2. The second-order valence-electron chi connectivity index (χ2n) is 5.64. The highest BCUT2D eigenvalue weighted by Crippen LogP contribution is 2.35. The lowest BCUT2D eigenvalue weighted by Crippen LogP contribution is -2.29. The number of hydrogen-bond donors (Lipinski definition) is 3. The molecule has 1 aliphatic heterocycles. The molecule has 3 rings (SSSR count). The Balaban J connectivity index is 2.18. The number of halogens is 2. The van der Waals surface area contributed by atoms with Gasteiger partial charge in [0, 0.05) is 6.04 Å². The van der Waals surface area contributed by atoms with E-state index in [0.29, 0.717) is 27.0 Å². The van der Waals surface area contributed by atoms with Gasteiger partial charge in [0.15, 0.2) is 6.23 Å². The molecule has 8 heteroatoms. The van der Waals surface area contributed by atoms with Crippen LogP contribution in [0.15, 0.2) is 12.1 Å². The lowest BCUT2D eigenvalue weighted by molar-refractivity contribution is -0.0148. The van der Waals surface area contributed by atoms with Crippen molar-refractivity contribution in [3.63, 3.8) is 0 Å². The van der Waals surface area contributed by atoms with Crippen molar-refractivity contribution in [2.75, 3.05) is 11.9 Å². The molecule has 0 amide bonds. The van der Waals surface area contributed by atoms with E-state index in [2.05, 4.69) is 10.3 Å². The molecule has 0 aliphatic carbocycles. The van der Waals surface area contributed by atoms with E-state index in [4.69, 9.17) is 27.9 Å². The standard InChI is InChI=1S/C14H17Cl2N3O3/c1-6(2)17-14-18-9-3-7(15)8(16)4-10(9)19(14)13-12(21)11(20)5-22-13/h3-4,6,11-13,20-21H,5H2,1-2H3,(H,17,18)/t11-,12-,13?/m0/s1. The molecule has 0 saturated carbocycles. The molecule has 1 aromatic heterocycles. The van der Waals surface area contributed by atoms with Crippen molar-refractivity contribution in [3.05, 3.63) is 22.2 Å². The molecule has 120 valence electrons. The Morgan fingerprint density at radius 1 is 1.32 bits per heavy atom. The third kappa shape index (κ3) is 2.66. The summed E-state index contributed by atoms with van der Waals surface area (Å²) in [5.74, 6) is 0.529. The largest absolute Gasteiger partial charge is 0.388 e. The summed E-state index contributed by atoms with van der Waals surface area (Å²) in [6.07, 6.45) is -2.71. The van der Waals surface area contributed by atoms with Crippen LogP contribution in [0, 0.1) is 0 Å². The van der Waals surface area contributed by atoms with Gasteiger partial charge < -0.3 is 20.3 Å². The smallest absolute Gasteiger partial charge is 0.206 e. The molecule has 1 saturated heterocycles. The zero-order valence-corrected chi connectivity index (χ0v) is 13.6. The van der Waals surface area contributed by atoms with E-state index in [-0.39, 0.29) is 12.6 Å². The normalized spacial score (nSPS) is 25.3. The van der Waals surface area contributed by atoms with Crippen molar-refractivity contribution in [2.24, 2.45) is 0 Å². The molecule has 1 aliphatic rings. The van der Waals surface area contributed by atoms with Gasteiger partial charge in [-0.25, -0.2) is 4.98 Å². The van der Waals surface area contributed by atoms with E-state index in [1.165, 1.54) is 0 Å². The van der Waals surface area contributed by atoms with E-state index in [1.54, 1.807) is 16.7 Å². The number of nitrogens with one attached hydrogen (secondary N) is 1. The molecule has 6 nitrogen and oxygen atoms in total. The summed E-state index contributed by atoms with van der Waals surface area (Å²) in [4.78, 5) is 4.49. The van der Waals surface area contributed by atoms with E-state index in [0.717, 1.165) is 0 Å². The highest BCUT2D eigenvalue weighted by atomic mass is 35.5. The SMILES string of the molecule is CC(C)Nc1nc2cc(Cl)c(Cl)cc2n1C1OC[C@H](O)[C@@H]1O. The number of aliphatic hydroxyl groups excluding tert-OH is 2. The summed E-state index contributed by atoms with van der Waals surface area (Å²) in [6.45, 7) is 4.02. The fourth-order valence-electron chi connectivity index (χ4n) is 2.52. The maximum Gasteiger partial charge on any atom is 0.206 e. The maximum absolute atomic E-state index is 10.2. The van der Waals surface area contributed by atoms with Gasteiger partial charge in [0.05, 0.1) is 27.7 Å². The van der Waals surface area contributed by atoms with Crippen LogP contribution < -0.4 is 5.32 Å². The average Bonchev–Trinajstić information content (AvgIpc) is 2.92. The van der Waals surface area contributed by atoms with Gasteiger partial charge >= 0.3 is 0 Å². The molecule has 2 aromatic rings. The fraction of sp³-hybridized carbons (Fsp3) is 0.500. The summed E-state index contributed by atoms with van der Waals surface area (Å²) < 4.78 is 7.24. The molecule has 22 heavy (non-hydrogen) atoms. The van der Waals surface area contributed by atoms with Crippen LogP contribution in [-0.4, -0.2) is 44.6 Å². The number of nitrogens with zero attached hydrogens (tertiary/aromatic N) is 2. The van der Waals surface area contributed by atoms with Gasteiger partial charge in [0.2, 0.25) is 5.95 Å². The van der Waals surface area contributed by atoms with Crippen LogP contribution in [0.2, 0.25) is 10.0 Å². The molecule has 1 unspecified atom stereocenters. The van der Waals surface area contributed by atoms with Crippen molar-refractivity contribution in [1.82, 2.24) is 9.55 Å². The van der Waals surface area contributed by atoms with Crippen LogP contribution >= 0.6 is 23.2 Å². The number of benzene rings is 1. The molecule has 3 atom stereocenters. The highest BCUT2D eigenvalue weighted by Gasteiger charge is 2.38. The number of aliphatic hydroxyl groups is 2. The van der Waals surface area contributed by atoms with Crippen LogP contribution in [0.4, 0.5) is 5.95 Å². The molecule has 0 bridgehead atoms. The first-order chi connectivity index (χ1) is 10.4. The first-order valence-corrected chi connectivity index (χ1v) is 7.75. The summed E-state index contributed by atoms with van der Waals surface area (Å²) in [6, 6.07) is 3.47. The predicted octanol–water partition coefficient (Wildman–Crippen LogP) is 2.41. The summed E-state index contributed by atoms with van der Waals surface area (Å²) in [5.41, 5.74) is 1.31. The van der Waals surface area contributed by atoms with E-state index in [1.807, 2.05) is 13.8 Å². The Bertz CT molecular complexity index is 704. The van der Waals surface area contributed by atoms with Gasteiger partial charge in [-0.3, -0.25) is 4.57 Å². The number of imidazole rings is 1. The summed E-state index contributed by atoms with van der Waals surface area (Å²) in [5, 5.41) is 23.9. The zero-order valence-electron chi connectivity index (χ0n) is 12.1. The number of hydrogen-bond acceptors (Lipinski definition) is 5. The van der Waals surface area contributed by atoms with Crippen molar-refractivity contribution >= 4 is 40.2 Å². The fourth-order valence-corrected chi connectivity index (χ4v) is 2.84. The van der Waals surface area contributed by atoms with Gasteiger partial charge in [-0.15, -0.1) is 0 Å². The number of rotatable bonds is 3. The van der Waals surface area contributed by atoms with Gasteiger partial charge in [0.1, 0.15) is 12.2 Å². The first kappa shape index (κ1) is 15.8. The topological polar surface area (TPSA) is 79.5 Å². The molecule has 2 heterocycles. The number of aromatic nitrogens is 2. The summed E-state index contributed by atoms with van der Waals surface area (Å²) >= 11 is 12.1. The van der Waals surface area contributed by atoms with Gasteiger partial charge in [-0.2, -0.15) is 0 Å². The van der Waals surface area contributed by atoms with E-state index in [9.17, 15) is 10.2 Å². The van der Waals surface area contributed by atoms with Crippen LogP contribution in [0.3, 0.4) is 0 Å². The average molecular weight is 346 g/mol. The monoisotopic (exact) mass is 345 g/mol. The first-order valence-electron chi connectivity index (χ1n) is 6.99. The quantitative estimate of drug-likeness (QED) is 0.795. The molecule has 0 radical (unpaired) electrons. The van der Waals surface area contributed by atoms with Crippen LogP contribution in [-0.2, 0) is 4.74 Å². The third-order valence-electron chi connectivity index (χ3n) is 3.53. The Morgan fingerprint density at radius 2 is 2.00 bits per heavy atom. The maximum atomic E-state index is 10.2. The summed E-state index contributed by atoms with van der Waals surface area (Å²) in [7, 11) is 0. The van der Waals surface area contributed by atoms with E-state index >= 15 is 0 Å². The molecular formula is C14H17Cl2N3O3. The second-order valence-corrected chi connectivity index (χ2v) is 6.46. The van der Waals surface area contributed by atoms with Crippen molar-refractivity contribution < 1.29 is 14.9 Å². The van der Waals surface area contributed by atoms with Gasteiger partial charge in [0.25, 0.3) is 0 Å². The Morgan fingerprint density at radius 3 is 2.59 bits per heavy atom. The molecule has 1 aromatic carbocycles. The third-order valence-corrected chi connectivity index (χ3v) is 4.25. The number of fused-ring (bicyclic) bond motifs is 1. The van der Waals surface area contributed by atoms with Crippen LogP contribution in [0.25, 0.3) is 11.0 Å². The molecule has 3 N–H and O–H groups in total. The van der Waals surface area contributed by atoms with Crippen molar-refractivity contribution in [2.45, 2.75) is 38.3 Å². The minimum Gasteiger partial charge on any atom is -0.388 e. The number of anilines is 1. The van der Waals surface area contributed by atoms with Crippen molar-refractivity contribution in [1.29, 1.82) is 0 Å². The second kappa shape index (κ2) is 5.86. The van der Waals surface area contributed by atoms with Gasteiger partial charge in [-0.05, 0) is 26.0 Å². The Kier molecular flexibility index (Phi) is 4.22. The van der Waals surface area contributed by atoms with Gasteiger partial charge in [-0.1, -0.05) is 23.2 Å². The Labute approximate surface area is 137 Å². The minimum absolute atomic E-state index is 0.0634. The lowest BCUT2D eigenvalue weighted by Gasteiger charge is -2.21. The molecule has 1 fully saturated rings. The number of ether oxygens (including phenoxy) is 1. The highest BCUT2D eigenvalue weighted by molar-refractivity contribution is 6.42. The predicted molar refractivity (Wildman–Crippen MR) is 85.5 cm³/mol. The Hall–Kier alpha value is -1.05. The van der Waals surface area contributed by atoms with E-state index < -0.39 is 18.4 Å².